The number of guanidine groups is 1. The Morgan fingerprint density at radius 3 is 2.52 bits per heavy atom. The van der Waals surface area contributed by atoms with E-state index in [0.29, 0.717) is 12.4 Å². The monoisotopic (exact) mass is 392 g/mol. The van der Waals surface area contributed by atoms with Crippen molar-refractivity contribution in [3.8, 4) is 0 Å². The maximum absolute atomic E-state index is 11.7. The highest BCUT2D eigenvalue weighted by molar-refractivity contribution is 7.91. The fraction of sp³-hybridized carbons (Fsp3) is 0.650. The first-order valence-electron chi connectivity index (χ1n) is 9.93. The van der Waals surface area contributed by atoms with Gasteiger partial charge < -0.3 is 10.6 Å². The van der Waals surface area contributed by atoms with Crippen LogP contribution in [-0.2, 0) is 9.84 Å². The highest BCUT2D eigenvalue weighted by Crippen LogP contribution is 2.26. The fourth-order valence-corrected chi connectivity index (χ4v) is 5.64. The number of rotatable bonds is 5. The molecule has 2 N–H and O–H groups in total. The molecule has 3 rings (SSSR count). The molecule has 0 aromatic heterocycles. The number of hydrogen-bond donors (Lipinski definition) is 2. The van der Waals surface area contributed by atoms with E-state index >= 15 is 0 Å². The lowest BCUT2D eigenvalue weighted by Gasteiger charge is -2.37. The van der Waals surface area contributed by atoms with Gasteiger partial charge in [0.2, 0.25) is 0 Å². The van der Waals surface area contributed by atoms with Crippen molar-refractivity contribution in [2.24, 2.45) is 10.9 Å². The van der Waals surface area contributed by atoms with E-state index in [1.807, 2.05) is 6.07 Å². The Labute approximate surface area is 163 Å². The second kappa shape index (κ2) is 9.06. The highest BCUT2D eigenvalue weighted by atomic mass is 32.2. The van der Waals surface area contributed by atoms with Crippen LogP contribution in [0.25, 0.3) is 0 Å². The zero-order chi connectivity index (χ0) is 19.3. The van der Waals surface area contributed by atoms with E-state index in [1.54, 1.807) is 7.05 Å². The van der Waals surface area contributed by atoms with Gasteiger partial charge in [-0.1, -0.05) is 37.3 Å². The Hall–Kier alpha value is -1.60. The van der Waals surface area contributed by atoms with Gasteiger partial charge in [0.05, 0.1) is 17.5 Å². The first kappa shape index (κ1) is 20.1. The van der Waals surface area contributed by atoms with E-state index in [0.717, 1.165) is 25.6 Å². The van der Waals surface area contributed by atoms with Crippen molar-refractivity contribution >= 4 is 15.8 Å². The normalized spacial score (nSPS) is 25.3. The van der Waals surface area contributed by atoms with Crippen molar-refractivity contribution in [1.29, 1.82) is 0 Å². The minimum absolute atomic E-state index is 0.0489. The first-order valence-corrected chi connectivity index (χ1v) is 11.8. The summed E-state index contributed by atoms with van der Waals surface area (Å²) in [5.74, 6) is 1.94. The number of benzene rings is 1. The standard InChI is InChI=1S/C20H32N4O2S/c1-16-8-11-24(12-9-16)19(17-6-4-3-5-7-17)14-22-20(21-2)23-18-10-13-27(25,26)15-18/h3-7,16,18-19H,8-15H2,1-2H3,(H2,21,22,23). The summed E-state index contributed by atoms with van der Waals surface area (Å²) >= 11 is 0. The molecule has 0 aliphatic carbocycles. The van der Waals surface area contributed by atoms with Gasteiger partial charge in [0.1, 0.15) is 0 Å². The minimum Gasteiger partial charge on any atom is -0.354 e. The molecule has 7 heteroatoms. The number of nitrogens with zero attached hydrogens (tertiary/aromatic N) is 2. The second-order valence-corrected chi connectivity index (χ2v) is 10.1. The Kier molecular flexibility index (Phi) is 6.76. The van der Waals surface area contributed by atoms with Crippen LogP contribution in [0.1, 0.15) is 37.8 Å². The van der Waals surface area contributed by atoms with Crippen LogP contribution in [-0.4, -0.2) is 63.5 Å². The summed E-state index contributed by atoms with van der Waals surface area (Å²) in [6.07, 6.45) is 3.11. The summed E-state index contributed by atoms with van der Waals surface area (Å²) in [5, 5.41) is 6.71. The SMILES string of the molecule is CN=C(NCC(c1ccccc1)N1CCC(C)CC1)NC1CCS(=O)(=O)C1. The molecule has 150 valence electrons. The maximum Gasteiger partial charge on any atom is 0.191 e. The molecule has 1 aromatic carbocycles. The summed E-state index contributed by atoms with van der Waals surface area (Å²) in [6.45, 7) is 5.29. The molecule has 2 heterocycles. The van der Waals surface area contributed by atoms with E-state index < -0.39 is 9.84 Å². The van der Waals surface area contributed by atoms with Crippen molar-refractivity contribution < 1.29 is 8.42 Å². The predicted octanol–water partition coefficient (Wildman–Crippen LogP) is 1.81. The van der Waals surface area contributed by atoms with Gasteiger partial charge in [-0.2, -0.15) is 0 Å². The van der Waals surface area contributed by atoms with Gasteiger partial charge in [-0.3, -0.25) is 9.89 Å². The summed E-state index contributed by atoms with van der Waals surface area (Å²) < 4.78 is 23.4. The van der Waals surface area contributed by atoms with Crippen LogP contribution in [0.4, 0.5) is 0 Å². The van der Waals surface area contributed by atoms with Crippen molar-refractivity contribution in [1.82, 2.24) is 15.5 Å². The molecule has 2 aliphatic rings. The van der Waals surface area contributed by atoms with Gasteiger partial charge in [-0.15, -0.1) is 0 Å². The summed E-state index contributed by atoms with van der Waals surface area (Å²) in [4.78, 5) is 6.85. The number of hydrogen-bond acceptors (Lipinski definition) is 4. The van der Waals surface area contributed by atoms with Crippen LogP contribution in [0.5, 0.6) is 0 Å². The lowest BCUT2D eigenvalue weighted by atomic mass is 9.95. The van der Waals surface area contributed by atoms with Crippen LogP contribution < -0.4 is 10.6 Å². The molecule has 2 fully saturated rings. The summed E-state index contributed by atoms with van der Waals surface area (Å²) in [6, 6.07) is 10.8. The zero-order valence-electron chi connectivity index (χ0n) is 16.4. The average molecular weight is 393 g/mol. The largest absolute Gasteiger partial charge is 0.354 e. The minimum atomic E-state index is -2.90. The third kappa shape index (κ3) is 5.69. The van der Waals surface area contributed by atoms with Crippen LogP contribution in [0.15, 0.2) is 35.3 Å². The van der Waals surface area contributed by atoms with Gasteiger partial charge in [-0.25, -0.2) is 8.42 Å². The maximum atomic E-state index is 11.7. The highest BCUT2D eigenvalue weighted by Gasteiger charge is 2.29. The van der Waals surface area contributed by atoms with Gasteiger partial charge in [0.15, 0.2) is 15.8 Å². The molecule has 2 saturated heterocycles. The average Bonchev–Trinajstić information content (AvgIpc) is 3.01. The topological polar surface area (TPSA) is 73.8 Å². The third-order valence-electron chi connectivity index (χ3n) is 5.70. The molecule has 6 nitrogen and oxygen atoms in total. The van der Waals surface area contributed by atoms with E-state index in [9.17, 15) is 8.42 Å². The van der Waals surface area contributed by atoms with Crippen molar-refractivity contribution in [3.05, 3.63) is 35.9 Å². The van der Waals surface area contributed by atoms with E-state index in [-0.39, 0.29) is 23.6 Å². The summed E-state index contributed by atoms with van der Waals surface area (Å²) in [7, 11) is -1.16. The van der Waals surface area contributed by atoms with Gasteiger partial charge in [-0.05, 0) is 43.8 Å². The van der Waals surface area contributed by atoms with E-state index in [2.05, 4.69) is 51.7 Å². The van der Waals surface area contributed by atoms with Gasteiger partial charge in [0, 0.05) is 19.6 Å². The van der Waals surface area contributed by atoms with Crippen LogP contribution in [0.3, 0.4) is 0 Å². The second-order valence-electron chi connectivity index (χ2n) is 7.84. The molecule has 0 amide bonds. The molecular weight excluding hydrogens is 360 g/mol. The first-order chi connectivity index (χ1) is 13.0. The molecule has 0 saturated carbocycles. The van der Waals surface area contributed by atoms with Gasteiger partial charge in [0.25, 0.3) is 0 Å². The summed E-state index contributed by atoms with van der Waals surface area (Å²) in [5.41, 5.74) is 1.30. The van der Waals surface area contributed by atoms with E-state index in [1.165, 1.54) is 18.4 Å². The number of aliphatic imine (C=N–C) groups is 1. The molecule has 0 bridgehead atoms. The molecule has 0 spiro atoms. The Bertz CT molecular complexity index is 728. The quantitative estimate of drug-likeness (QED) is 0.591. The number of likely N-dealkylation sites (tertiary alicyclic amines) is 1. The Morgan fingerprint density at radius 2 is 1.93 bits per heavy atom. The smallest absolute Gasteiger partial charge is 0.191 e. The molecule has 2 unspecified atom stereocenters. The van der Waals surface area contributed by atoms with Crippen LogP contribution in [0, 0.1) is 5.92 Å². The van der Waals surface area contributed by atoms with Crippen LogP contribution >= 0.6 is 0 Å². The zero-order valence-corrected chi connectivity index (χ0v) is 17.2. The van der Waals surface area contributed by atoms with Gasteiger partial charge >= 0.3 is 0 Å². The van der Waals surface area contributed by atoms with Crippen molar-refractivity contribution in [3.63, 3.8) is 0 Å². The Balaban J connectivity index is 1.63. The number of nitrogens with one attached hydrogen (secondary N) is 2. The van der Waals surface area contributed by atoms with Crippen molar-refractivity contribution in [2.75, 3.05) is 38.2 Å². The lowest BCUT2D eigenvalue weighted by molar-refractivity contribution is 0.138. The molecule has 27 heavy (non-hydrogen) atoms. The number of piperidine rings is 1. The van der Waals surface area contributed by atoms with Crippen molar-refractivity contribution in [2.45, 2.75) is 38.3 Å². The molecule has 2 atom stereocenters. The fourth-order valence-electron chi connectivity index (χ4n) is 3.96. The van der Waals surface area contributed by atoms with Crippen LogP contribution in [0.2, 0.25) is 0 Å². The molecule has 2 aliphatic heterocycles. The molecule has 1 aromatic rings. The Morgan fingerprint density at radius 1 is 1.22 bits per heavy atom. The molecule has 0 radical (unpaired) electrons. The lowest BCUT2D eigenvalue weighted by Crippen LogP contribution is -2.48. The molecular formula is C20H32N4O2S. The van der Waals surface area contributed by atoms with E-state index in [4.69, 9.17) is 0 Å². The predicted molar refractivity (Wildman–Crippen MR) is 111 cm³/mol. The third-order valence-corrected chi connectivity index (χ3v) is 7.47. The number of sulfone groups is 1.